The van der Waals surface area contributed by atoms with E-state index in [-0.39, 0.29) is 17.6 Å². The number of amides is 2. The van der Waals surface area contributed by atoms with Crippen LogP contribution in [0.3, 0.4) is 0 Å². The zero-order valence-electron chi connectivity index (χ0n) is 12.9. The molecule has 0 aliphatic rings. The molecule has 0 bridgehead atoms. The van der Waals surface area contributed by atoms with Crippen LogP contribution in [0.1, 0.15) is 10.4 Å². The molecule has 0 saturated heterocycles. The normalized spacial score (nSPS) is 10.2. The van der Waals surface area contributed by atoms with E-state index < -0.39 is 0 Å². The van der Waals surface area contributed by atoms with Crippen molar-refractivity contribution in [3.05, 3.63) is 59.1 Å². The summed E-state index contributed by atoms with van der Waals surface area (Å²) in [7, 11) is 3.34. The maximum Gasteiger partial charge on any atom is 0.253 e. The fourth-order valence-electron chi connectivity index (χ4n) is 1.86. The lowest BCUT2D eigenvalue weighted by Gasteiger charge is -2.13. The number of carbonyl (C=O) groups excluding carboxylic acids is 2. The van der Waals surface area contributed by atoms with Crippen molar-refractivity contribution in [3.8, 4) is 0 Å². The Morgan fingerprint density at radius 2 is 1.83 bits per heavy atom. The molecule has 2 aromatic carbocycles. The van der Waals surface area contributed by atoms with Gasteiger partial charge < -0.3 is 10.2 Å². The van der Waals surface area contributed by atoms with E-state index >= 15 is 0 Å². The first kappa shape index (κ1) is 17.4. The highest BCUT2D eigenvalue weighted by atomic mass is 35.5. The van der Waals surface area contributed by atoms with Gasteiger partial charge in [-0.25, -0.2) is 0 Å². The second kappa shape index (κ2) is 8.04. The van der Waals surface area contributed by atoms with Crippen LogP contribution in [-0.4, -0.2) is 36.6 Å². The fourth-order valence-corrected chi connectivity index (χ4v) is 2.75. The Morgan fingerprint density at radius 3 is 2.48 bits per heavy atom. The van der Waals surface area contributed by atoms with Crippen molar-refractivity contribution in [1.82, 2.24) is 4.90 Å². The minimum atomic E-state index is -0.171. The molecule has 0 aliphatic heterocycles. The van der Waals surface area contributed by atoms with Crippen LogP contribution in [0.2, 0.25) is 5.02 Å². The molecule has 2 aromatic rings. The van der Waals surface area contributed by atoms with E-state index in [4.69, 9.17) is 11.6 Å². The molecule has 6 heteroatoms. The first-order chi connectivity index (χ1) is 11.0. The van der Waals surface area contributed by atoms with Gasteiger partial charge in [-0.1, -0.05) is 29.8 Å². The molecule has 1 N–H and O–H groups in total. The molecule has 4 nitrogen and oxygen atoms in total. The smallest absolute Gasteiger partial charge is 0.253 e. The standard InChI is InChI=1S/C17H17ClN2O2S/c1-20(2)17(22)12-8-9-14(18)15(10-12)19-16(21)11-23-13-6-4-3-5-7-13/h3-10H,11H2,1-2H3,(H,19,21). The second-order valence-corrected chi connectivity index (χ2v) is 6.50. The number of nitrogens with zero attached hydrogens (tertiary/aromatic N) is 1. The quantitative estimate of drug-likeness (QED) is 0.837. The molecule has 0 atom stereocenters. The van der Waals surface area contributed by atoms with Crippen molar-refractivity contribution in [3.63, 3.8) is 0 Å². The topological polar surface area (TPSA) is 49.4 Å². The maximum absolute atomic E-state index is 12.1. The second-order valence-electron chi connectivity index (χ2n) is 5.04. The van der Waals surface area contributed by atoms with Crippen LogP contribution in [0.4, 0.5) is 5.69 Å². The highest BCUT2D eigenvalue weighted by molar-refractivity contribution is 8.00. The minimum absolute atomic E-state index is 0.143. The van der Waals surface area contributed by atoms with Gasteiger partial charge in [0.2, 0.25) is 5.91 Å². The van der Waals surface area contributed by atoms with Crippen LogP contribution in [0.5, 0.6) is 0 Å². The van der Waals surface area contributed by atoms with Crippen molar-refractivity contribution in [2.45, 2.75) is 4.90 Å². The summed E-state index contributed by atoms with van der Waals surface area (Å²) in [6, 6.07) is 14.5. The minimum Gasteiger partial charge on any atom is -0.345 e. The molecule has 0 spiro atoms. The molecule has 23 heavy (non-hydrogen) atoms. The molecule has 0 radical (unpaired) electrons. The maximum atomic E-state index is 12.1. The molecule has 0 fully saturated rings. The van der Waals surface area contributed by atoms with Crippen molar-refractivity contribution in [2.75, 3.05) is 25.2 Å². The highest BCUT2D eigenvalue weighted by Crippen LogP contribution is 2.24. The van der Waals surface area contributed by atoms with Gasteiger partial charge in [0.25, 0.3) is 5.91 Å². The molecular weight excluding hydrogens is 332 g/mol. The molecule has 2 rings (SSSR count). The fraction of sp³-hybridized carbons (Fsp3) is 0.176. The van der Waals surface area contributed by atoms with Crippen LogP contribution in [0.15, 0.2) is 53.4 Å². The van der Waals surface area contributed by atoms with Crippen LogP contribution in [-0.2, 0) is 4.79 Å². The van der Waals surface area contributed by atoms with E-state index in [1.165, 1.54) is 16.7 Å². The molecule has 0 aromatic heterocycles. The highest BCUT2D eigenvalue weighted by Gasteiger charge is 2.12. The zero-order valence-corrected chi connectivity index (χ0v) is 14.4. The number of hydrogen-bond donors (Lipinski definition) is 1. The van der Waals surface area contributed by atoms with Gasteiger partial charge in [0, 0.05) is 24.6 Å². The monoisotopic (exact) mass is 348 g/mol. The van der Waals surface area contributed by atoms with Gasteiger partial charge in [-0.3, -0.25) is 9.59 Å². The van der Waals surface area contributed by atoms with Gasteiger partial charge in [0.15, 0.2) is 0 Å². The molecular formula is C17H17ClN2O2S. The third kappa shape index (κ3) is 5.01. The lowest BCUT2D eigenvalue weighted by molar-refractivity contribution is -0.113. The number of halogens is 1. The number of thioether (sulfide) groups is 1. The van der Waals surface area contributed by atoms with Crippen LogP contribution in [0.25, 0.3) is 0 Å². The SMILES string of the molecule is CN(C)C(=O)c1ccc(Cl)c(NC(=O)CSc2ccccc2)c1. The van der Waals surface area contributed by atoms with E-state index in [0.29, 0.717) is 16.3 Å². The molecule has 0 saturated carbocycles. The van der Waals surface area contributed by atoms with Crippen LogP contribution >= 0.6 is 23.4 Å². The number of benzene rings is 2. The van der Waals surface area contributed by atoms with E-state index in [1.54, 1.807) is 32.3 Å². The average molecular weight is 349 g/mol. The van der Waals surface area contributed by atoms with Crippen molar-refractivity contribution in [2.24, 2.45) is 0 Å². The van der Waals surface area contributed by atoms with Gasteiger partial charge in [0.1, 0.15) is 0 Å². The Labute approximate surface area is 144 Å². The van der Waals surface area contributed by atoms with E-state index in [9.17, 15) is 9.59 Å². The first-order valence-electron chi connectivity index (χ1n) is 6.96. The summed E-state index contributed by atoms with van der Waals surface area (Å²) >= 11 is 7.53. The first-order valence-corrected chi connectivity index (χ1v) is 8.32. The van der Waals surface area contributed by atoms with Crippen LogP contribution < -0.4 is 5.32 Å². The number of carbonyl (C=O) groups is 2. The van der Waals surface area contributed by atoms with E-state index in [2.05, 4.69) is 5.32 Å². The summed E-state index contributed by atoms with van der Waals surface area (Å²) in [5, 5.41) is 3.15. The third-order valence-electron chi connectivity index (χ3n) is 3.01. The Hall–Kier alpha value is -1.98. The summed E-state index contributed by atoms with van der Waals surface area (Å²) in [4.78, 5) is 26.5. The summed E-state index contributed by atoms with van der Waals surface area (Å²) in [6.45, 7) is 0. The lowest BCUT2D eigenvalue weighted by atomic mass is 10.2. The number of hydrogen-bond acceptors (Lipinski definition) is 3. The molecule has 0 unspecified atom stereocenters. The predicted molar refractivity (Wildman–Crippen MR) is 95.3 cm³/mol. The predicted octanol–water partition coefficient (Wildman–Crippen LogP) is 3.77. The van der Waals surface area contributed by atoms with Crippen molar-refractivity contribution < 1.29 is 9.59 Å². The number of rotatable bonds is 5. The Balaban J connectivity index is 2.02. The number of nitrogens with one attached hydrogen (secondary N) is 1. The van der Waals surface area contributed by atoms with E-state index in [0.717, 1.165) is 4.90 Å². The Bertz CT molecular complexity index is 705. The summed E-state index contributed by atoms with van der Waals surface area (Å²) in [5.74, 6) is -0.0438. The zero-order chi connectivity index (χ0) is 16.8. The summed E-state index contributed by atoms with van der Waals surface area (Å²) in [5.41, 5.74) is 0.920. The van der Waals surface area contributed by atoms with Crippen LogP contribution in [0, 0.1) is 0 Å². The Morgan fingerprint density at radius 1 is 1.13 bits per heavy atom. The number of anilines is 1. The van der Waals surface area contributed by atoms with E-state index in [1.807, 2.05) is 30.3 Å². The van der Waals surface area contributed by atoms with Gasteiger partial charge in [-0.05, 0) is 30.3 Å². The Kier molecular flexibility index (Phi) is 6.07. The lowest BCUT2D eigenvalue weighted by Crippen LogP contribution is -2.22. The average Bonchev–Trinajstić information content (AvgIpc) is 2.55. The molecule has 0 heterocycles. The van der Waals surface area contributed by atoms with Gasteiger partial charge in [0.05, 0.1) is 16.5 Å². The largest absolute Gasteiger partial charge is 0.345 e. The third-order valence-corrected chi connectivity index (χ3v) is 4.35. The summed E-state index contributed by atoms with van der Waals surface area (Å²) < 4.78 is 0. The van der Waals surface area contributed by atoms with Gasteiger partial charge >= 0.3 is 0 Å². The molecule has 120 valence electrons. The summed E-state index contributed by atoms with van der Waals surface area (Å²) in [6.07, 6.45) is 0. The molecule has 2 amide bonds. The van der Waals surface area contributed by atoms with Gasteiger partial charge in [-0.15, -0.1) is 11.8 Å². The van der Waals surface area contributed by atoms with Gasteiger partial charge in [-0.2, -0.15) is 0 Å². The molecule has 0 aliphatic carbocycles. The van der Waals surface area contributed by atoms with Crippen molar-refractivity contribution in [1.29, 1.82) is 0 Å². The van der Waals surface area contributed by atoms with Crippen molar-refractivity contribution >= 4 is 40.9 Å².